The fourth-order valence-electron chi connectivity index (χ4n) is 1.04. The molecular weight excluding hydrogens is 360 g/mol. The Kier molecular flexibility index (Phi) is 55.5. The topological polar surface area (TPSA) is 126 Å². The van der Waals surface area contributed by atoms with Gasteiger partial charge < -0.3 is 30.0 Å². The largest absolute Gasteiger partial charge is 4.00 e. The first-order valence-corrected chi connectivity index (χ1v) is 8.93. The minimum Gasteiger partial charge on any atom is -0.854 e. The van der Waals surface area contributed by atoms with Gasteiger partial charge in [0, 0.05) is 11.9 Å². The normalized spacial score (nSPS) is 8.24. The number of carboxylic acid groups (broad SMARTS) is 2. The van der Waals surface area contributed by atoms with Gasteiger partial charge in [-0.05, 0) is 25.7 Å². The van der Waals surface area contributed by atoms with Crippen LogP contribution in [0.2, 0.25) is 0 Å². The van der Waals surface area contributed by atoms with Gasteiger partial charge in [0.2, 0.25) is 0 Å². The Labute approximate surface area is 168 Å². The van der Waals surface area contributed by atoms with E-state index in [1.165, 1.54) is 0 Å². The molecule has 0 aromatic rings. The van der Waals surface area contributed by atoms with Gasteiger partial charge in [-0.25, -0.2) is 0 Å². The third-order valence-corrected chi connectivity index (χ3v) is 2.38. The summed E-state index contributed by atoms with van der Waals surface area (Å²) in [6, 6.07) is 0. The molecule has 0 saturated carbocycles. The Bertz CT molecular complexity index is 210. The van der Waals surface area contributed by atoms with E-state index in [1.807, 2.05) is 27.7 Å². The van der Waals surface area contributed by atoms with E-state index in [1.54, 1.807) is 0 Å². The molecule has 0 aliphatic carbocycles. The van der Waals surface area contributed by atoms with Crippen LogP contribution < -0.4 is 20.4 Å². The molecule has 0 rings (SSSR count). The Morgan fingerprint density at radius 3 is 0.960 bits per heavy atom. The smallest absolute Gasteiger partial charge is 0.854 e. The van der Waals surface area contributed by atoms with Crippen LogP contribution in [-0.4, -0.2) is 25.2 Å². The molecule has 0 atom stereocenters. The first-order chi connectivity index (χ1) is 11.4. The van der Waals surface area contributed by atoms with E-state index in [0.717, 1.165) is 51.4 Å². The third kappa shape index (κ3) is 81.9. The van der Waals surface area contributed by atoms with Crippen molar-refractivity contribution >= 4 is 11.9 Å². The van der Waals surface area contributed by atoms with Crippen molar-refractivity contribution in [3.63, 3.8) is 0 Å². The zero-order valence-corrected chi connectivity index (χ0v) is 18.0. The fraction of sp³-hybridized carbons (Fsp3) is 0.889. The molecule has 0 heterocycles. The van der Waals surface area contributed by atoms with Crippen LogP contribution in [0.5, 0.6) is 0 Å². The molecule has 6 nitrogen and oxygen atoms in total. The van der Waals surface area contributed by atoms with Gasteiger partial charge in [-0.15, -0.1) is 13.2 Å². The maximum atomic E-state index is 9.76. The molecule has 0 aromatic carbocycles. The van der Waals surface area contributed by atoms with Crippen molar-refractivity contribution < 1.29 is 51.7 Å². The molecule has 0 spiro atoms. The molecule has 0 saturated heterocycles. The van der Waals surface area contributed by atoms with Crippen LogP contribution in [0.15, 0.2) is 0 Å². The number of carbonyl (C=O) groups excluding carboxylic acids is 2. The number of aliphatic carboxylic acids is 2. The van der Waals surface area contributed by atoms with Gasteiger partial charge >= 0.3 is 21.7 Å². The van der Waals surface area contributed by atoms with E-state index in [-0.39, 0.29) is 47.8 Å². The quantitative estimate of drug-likeness (QED) is 0.382. The molecule has 0 unspecified atom stereocenters. The van der Waals surface area contributed by atoms with Crippen molar-refractivity contribution in [3.8, 4) is 0 Å². The van der Waals surface area contributed by atoms with Gasteiger partial charge in [0.25, 0.3) is 0 Å². The van der Waals surface area contributed by atoms with Crippen LogP contribution in [-0.2, 0) is 31.3 Å². The average Bonchev–Trinajstić information content (AvgIpc) is 2.56. The van der Waals surface area contributed by atoms with Crippen LogP contribution >= 0.6 is 0 Å². The second kappa shape index (κ2) is 38.9. The van der Waals surface area contributed by atoms with Crippen molar-refractivity contribution in [1.29, 1.82) is 0 Å². The summed E-state index contributed by atoms with van der Waals surface area (Å²) in [6.07, 6.45) is 7.60. The zero-order chi connectivity index (χ0) is 19.6. The molecule has 0 aliphatic rings. The van der Waals surface area contributed by atoms with Crippen LogP contribution in [0.1, 0.15) is 91.9 Å². The molecule has 148 valence electrons. The van der Waals surface area contributed by atoms with Gasteiger partial charge in [0.15, 0.2) is 0 Å². The van der Waals surface area contributed by atoms with Crippen molar-refractivity contribution in [2.75, 3.05) is 13.2 Å². The van der Waals surface area contributed by atoms with Gasteiger partial charge in [-0.3, -0.25) is 0 Å². The molecular formula is C18H36O6Ti. The summed E-state index contributed by atoms with van der Waals surface area (Å²) in [5.41, 5.74) is 0. The summed E-state index contributed by atoms with van der Waals surface area (Å²) in [6.45, 7) is 7.95. The Hall–Kier alpha value is -0.426. The van der Waals surface area contributed by atoms with Crippen molar-refractivity contribution in [2.45, 2.75) is 91.9 Å². The molecule has 0 bridgehead atoms. The maximum absolute atomic E-state index is 9.76. The Balaban J connectivity index is -0.0000000739. The molecule has 0 aliphatic heterocycles. The molecule has 0 amide bonds. The van der Waals surface area contributed by atoms with Crippen LogP contribution in [0.25, 0.3) is 0 Å². The fourth-order valence-corrected chi connectivity index (χ4v) is 1.04. The summed E-state index contributed by atoms with van der Waals surface area (Å²) in [5.74, 6) is -1.86. The predicted molar refractivity (Wildman–Crippen MR) is 88.6 cm³/mol. The molecule has 25 heavy (non-hydrogen) atoms. The summed E-state index contributed by atoms with van der Waals surface area (Å²) >= 11 is 0. The first kappa shape index (κ1) is 35.6. The van der Waals surface area contributed by atoms with E-state index in [0.29, 0.717) is 0 Å². The monoisotopic (exact) mass is 396 g/mol. The van der Waals surface area contributed by atoms with Crippen LogP contribution in [0, 0.1) is 0 Å². The van der Waals surface area contributed by atoms with Gasteiger partial charge in [0.1, 0.15) is 0 Å². The maximum Gasteiger partial charge on any atom is 4.00 e. The second-order valence-corrected chi connectivity index (χ2v) is 5.07. The number of unbranched alkanes of at least 4 members (excludes halogenated alkanes) is 4. The second-order valence-electron chi connectivity index (χ2n) is 5.07. The van der Waals surface area contributed by atoms with Gasteiger partial charge in [-0.1, -0.05) is 66.2 Å². The SMILES string of the molecule is CCCCCC(=O)[O-].CCCCCC(=O)[O-].CCC[O-].CCC[O-].[Ti+4]. The number of hydrogen-bond acceptors (Lipinski definition) is 6. The average molecular weight is 396 g/mol. The third-order valence-electron chi connectivity index (χ3n) is 2.38. The molecule has 0 N–H and O–H groups in total. The van der Waals surface area contributed by atoms with Crippen molar-refractivity contribution in [1.82, 2.24) is 0 Å². The number of rotatable bonds is 10. The Morgan fingerprint density at radius 1 is 0.600 bits per heavy atom. The molecule has 0 fully saturated rings. The van der Waals surface area contributed by atoms with Gasteiger partial charge in [0.05, 0.1) is 0 Å². The summed E-state index contributed by atoms with van der Waals surface area (Å²) < 4.78 is 0. The Morgan fingerprint density at radius 2 is 0.840 bits per heavy atom. The number of carbonyl (C=O) groups is 2. The van der Waals surface area contributed by atoms with Crippen LogP contribution in [0.4, 0.5) is 0 Å². The first-order valence-electron chi connectivity index (χ1n) is 8.93. The summed E-state index contributed by atoms with van der Waals surface area (Å²) in [7, 11) is 0. The molecule has 0 radical (unpaired) electrons. The van der Waals surface area contributed by atoms with Crippen LogP contribution in [0.3, 0.4) is 0 Å². The van der Waals surface area contributed by atoms with E-state index < -0.39 is 11.9 Å². The molecule has 7 heteroatoms. The predicted octanol–water partition coefficient (Wildman–Crippen LogP) is 0.144. The van der Waals surface area contributed by atoms with Crippen molar-refractivity contribution in [3.05, 3.63) is 0 Å². The van der Waals surface area contributed by atoms with Crippen molar-refractivity contribution in [2.24, 2.45) is 0 Å². The molecule has 0 aromatic heterocycles. The summed E-state index contributed by atoms with van der Waals surface area (Å²) in [4.78, 5) is 19.5. The number of hydrogen-bond donors (Lipinski definition) is 0. The summed E-state index contributed by atoms with van der Waals surface area (Å²) in [5, 5.41) is 38.1. The van der Waals surface area contributed by atoms with Gasteiger partial charge in [-0.2, -0.15) is 0 Å². The van der Waals surface area contributed by atoms with E-state index in [2.05, 4.69) is 0 Å². The standard InChI is InChI=1S/2C6H12O2.2C3H7O.Ti/c2*1-2-3-4-5-6(7)8;2*1-2-3-4;/h2*2-5H2,1H3,(H,7,8);2*2-3H2,1H3;/q;;2*-1;+4/p-2. The number of carboxylic acids is 2. The zero-order valence-electron chi connectivity index (χ0n) is 16.4. The minimum atomic E-state index is -0.932. The minimum absolute atomic E-state index is 0. The van der Waals surface area contributed by atoms with E-state index >= 15 is 0 Å². The van der Waals surface area contributed by atoms with E-state index in [9.17, 15) is 30.0 Å². The van der Waals surface area contributed by atoms with E-state index in [4.69, 9.17) is 0 Å².